The molecular formula is C23H31N5O3. The van der Waals surface area contributed by atoms with Crippen LogP contribution in [0.4, 0.5) is 5.69 Å². The van der Waals surface area contributed by atoms with E-state index in [4.69, 9.17) is 10.5 Å². The molecule has 2 heterocycles. The molecule has 1 aliphatic rings. The number of aliphatic imine (C=N–C) groups is 1. The zero-order valence-corrected chi connectivity index (χ0v) is 18.3. The summed E-state index contributed by atoms with van der Waals surface area (Å²) in [6, 6.07) is 10.9. The minimum Gasteiger partial charge on any atom is -0.439 e. The third-order valence-corrected chi connectivity index (χ3v) is 4.95. The molecule has 31 heavy (non-hydrogen) atoms. The van der Waals surface area contributed by atoms with Crippen LogP contribution in [-0.2, 0) is 11.3 Å². The molecule has 0 spiro atoms. The number of guanidine groups is 1. The van der Waals surface area contributed by atoms with Gasteiger partial charge >= 0.3 is 0 Å². The molecule has 1 aromatic carbocycles. The highest BCUT2D eigenvalue weighted by Gasteiger charge is 2.26. The van der Waals surface area contributed by atoms with Gasteiger partial charge < -0.3 is 25.8 Å². The first-order valence-electron chi connectivity index (χ1n) is 10.5. The average Bonchev–Trinajstić information content (AvgIpc) is 2.73. The van der Waals surface area contributed by atoms with E-state index < -0.39 is 0 Å². The van der Waals surface area contributed by atoms with Crippen LogP contribution >= 0.6 is 0 Å². The molecule has 2 aromatic rings. The number of nitrogens with two attached hydrogens (primary N) is 1. The predicted octanol–water partition coefficient (Wildman–Crippen LogP) is 2.94. The Morgan fingerprint density at radius 2 is 2.06 bits per heavy atom. The van der Waals surface area contributed by atoms with Gasteiger partial charge in [0, 0.05) is 31.1 Å². The number of hydrogen-bond donors (Lipinski definition) is 3. The smallest absolute Gasteiger partial charge is 0.220 e. The van der Waals surface area contributed by atoms with Gasteiger partial charge in [0.15, 0.2) is 5.96 Å². The van der Waals surface area contributed by atoms with E-state index in [0.29, 0.717) is 49.2 Å². The highest BCUT2D eigenvalue weighted by molar-refractivity contribution is 5.84. The summed E-state index contributed by atoms with van der Waals surface area (Å²) in [6.07, 6.45) is 2.40. The summed E-state index contributed by atoms with van der Waals surface area (Å²) in [5, 5.41) is 12.9. The third-order valence-electron chi connectivity index (χ3n) is 4.95. The van der Waals surface area contributed by atoms with Gasteiger partial charge in [-0.1, -0.05) is 39.0 Å². The molecule has 0 bridgehead atoms. The van der Waals surface area contributed by atoms with Gasteiger partial charge in [-0.05, 0) is 24.0 Å². The Balaban J connectivity index is 1.65. The molecule has 1 aliphatic heterocycles. The zero-order chi connectivity index (χ0) is 22.4. The number of nitrogens with zero attached hydrogens (tertiary/aromatic N) is 3. The standard InChI is InChI=1S/C23H31N5O3/c1-23(2,3)15-26-20(30)10-9-17(14-29)28-13-16-11-21(25-12-19(16)27-22(28)24)31-18-7-5-4-6-8-18/h4-8,11-12,17,29H,9-10,13-15H2,1-3H3,(H2,24,27)(H,26,30)/t17-/m0/s1. The molecule has 1 amide bonds. The van der Waals surface area contributed by atoms with Crippen LogP contribution in [0.2, 0.25) is 0 Å². The van der Waals surface area contributed by atoms with Crippen LogP contribution < -0.4 is 15.8 Å². The van der Waals surface area contributed by atoms with Crippen molar-refractivity contribution >= 4 is 17.6 Å². The number of ether oxygens (including phenoxy) is 1. The normalized spacial score (nSPS) is 14.5. The monoisotopic (exact) mass is 425 g/mol. The van der Waals surface area contributed by atoms with Crippen LogP contribution in [0.1, 0.15) is 39.2 Å². The summed E-state index contributed by atoms with van der Waals surface area (Å²) < 4.78 is 5.81. The minimum atomic E-state index is -0.316. The third kappa shape index (κ3) is 6.42. The number of pyridine rings is 1. The van der Waals surface area contributed by atoms with Crippen molar-refractivity contribution in [2.24, 2.45) is 16.1 Å². The maximum absolute atomic E-state index is 12.2. The topological polar surface area (TPSA) is 113 Å². The van der Waals surface area contributed by atoms with E-state index in [-0.39, 0.29) is 24.0 Å². The number of amides is 1. The van der Waals surface area contributed by atoms with Crippen molar-refractivity contribution in [3.05, 3.63) is 48.2 Å². The minimum absolute atomic E-state index is 0.0211. The van der Waals surface area contributed by atoms with Crippen LogP contribution in [0, 0.1) is 5.41 Å². The number of benzene rings is 1. The Hall–Kier alpha value is -3.13. The first-order chi connectivity index (χ1) is 14.7. The average molecular weight is 426 g/mol. The number of carbonyl (C=O) groups is 1. The second-order valence-corrected chi connectivity index (χ2v) is 8.88. The van der Waals surface area contributed by atoms with Gasteiger partial charge in [0.2, 0.25) is 11.8 Å². The number of aliphatic hydroxyl groups excluding tert-OH is 1. The summed E-state index contributed by atoms with van der Waals surface area (Å²) in [4.78, 5) is 22.8. The Morgan fingerprint density at radius 1 is 1.32 bits per heavy atom. The van der Waals surface area contributed by atoms with E-state index in [1.165, 1.54) is 0 Å². The molecule has 1 aromatic heterocycles. The molecular weight excluding hydrogens is 394 g/mol. The zero-order valence-electron chi connectivity index (χ0n) is 18.3. The second-order valence-electron chi connectivity index (χ2n) is 8.88. The van der Waals surface area contributed by atoms with E-state index in [9.17, 15) is 9.90 Å². The first kappa shape index (κ1) is 22.6. The number of hydrogen-bond acceptors (Lipinski definition) is 7. The molecule has 0 unspecified atom stereocenters. The number of aliphatic hydroxyl groups is 1. The molecule has 8 nitrogen and oxygen atoms in total. The van der Waals surface area contributed by atoms with Gasteiger partial charge in [-0.25, -0.2) is 9.98 Å². The Labute approximate surface area is 183 Å². The number of fused-ring (bicyclic) bond motifs is 1. The molecule has 0 aliphatic carbocycles. The summed E-state index contributed by atoms with van der Waals surface area (Å²) >= 11 is 0. The van der Waals surface area contributed by atoms with E-state index in [1.54, 1.807) is 6.20 Å². The SMILES string of the molecule is CC(C)(C)CNC(=O)CC[C@@H](CO)N1Cc2cc(Oc3ccccc3)ncc2N=C1N. The van der Waals surface area contributed by atoms with Crippen molar-refractivity contribution in [3.63, 3.8) is 0 Å². The maximum atomic E-state index is 12.2. The van der Waals surface area contributed by atoms with Crippen molar-refractivity contribution in [2.45, 2.75) is 46.2 Å². The van der Waals surface area contributed by atoms with Crippen molar-refractivity contribution in [1.82, 2.24) is 15.2 Å². The molecule has 0 saturated heterocycles. The lowest BCUT2D eigenvalue weighted by Gasteiger charge is -2.34. The largest absolute Gasteiger partial charge is 0.439 e. The fourth-order valence-corrected chi connectivity index (χ4v) is 3.22. The van der Waals surface area contributed by atoms with E-state index >= 15 is 0 Å². The lowest BCUT2D eigenvalue weighted by atomic mass is 9.97. The lowest BCUT2D eigenvalue weighted by Crippen LogP contribution is -2.47. The van der Waals surface area contributed by atoms with Crippen molar-refractivity contribution in [3.8, 4) is 11.6 Å². The van der Waals surface area contributed by atoms with Crippen LogP contribution in [0.5, 0.6) is 11.6 Å². The molecule has 1 atom stereocenters. The van der Waals surface area contributed by atoms with Gasteiger partial charge in [0.05, 0.1) is 24.5 Å². The van der Waals surface area contributed by atoms with Crippen LogP contribution in [0.3, 0.4) is 0 Å². The van der Waals surface area contributed by atoms with Crippen LogP contribution in [-0.4, -0.2) is 46.1 Å². The second kappa shape index (κ2) is 9.78. The molecule has 8 heteroatoms. The van der Waals surface area contributed by atoms with E-state index in [0.717, 1.165) is 5.56 Å². The Bertz CT molecular complexity index is 925. The summed E-state index contributed by atoms with van der Waals surface area (Å²) in [6.45, 7) is 7.13. The van der Waals surface area contributed by atoms with Crippen molar-refractivity contribution < 1.29 is 14.6 Å². The molecule has 0 fully saturated rings. The van der Waals surface area contributed by atoms with Crippen LogP contribution in [0.25, 0.3) is 0 Å². The van der Waals surface area contributed by atoms with Gasteiger partial charge in [-0.15, -0.1) is 0 Å². The highest BCUT2D eigenvalue weighted by Crippen LogP contribution is 2.30. The fourth-order valence-electron chi connectivity index (χ4n) is 3.22. The van der Waals surface area contributed by atoms with Crippen molar-refractivity contribution in [2.75, 3.05) is 13.2 Å². The number of carbonyl (C=O) groups excluding carboxylic acids is 1. The summed E-state index contributed by atoms with van der Waals surface area (Å²) in [5.41, 5.74) is 7.75. The lowest BCUT2D eigenvalue weighted by molar-refractivity contribution is -0.121. The Kier molecular flexibility index (Phi) is 7.12. The number of aromatic nitrogens is 1. The first-order valence-corrected chi connectivity index (χ1v) is 10.5. The summed E-state index contributed by atoms with van der Waals surface area (Å²) in [5.74, 6) is 1.42. The Morgan fingerprint density at radius 3 is 2.74 bits per heavy atom. The fraction of sp³-hybridized carbons (Fsp3) is 0.435. The van der Waals surface area contributed by atoms with Gasteiger partial charge in [0.25, 0.3) is 0 Å². The molecule has 0 radical (unpaired) electrons. The highest BCUT2D eigenvalue weighted by atomic mass is 16.5. The molecule has 166 valence electrons. The van der Waals surface area contributed by atoms with Gasteiger partial charge in [-0.2, -0.15) is 0 Å². The molecule has 0 saturated carbocycles. The van der Waals surface area contributed by atoms with E-state index in [1.807, 2.05) is 41.3 Å². The quantitative estimate of drug-likeness (QED) is 0.599. The number of rotatable bonds is 8. The number of nitrogens with one attached hydrogen (secondary N) is 1. The van der Waals surface area contributed by atoms with E-state index in [2.05, 4.69) is 36.1 Å². The van der Waals surface area contributed by atoms with Gasteiger partial charge in [-0.3, -0.25) is 4.79 Å². The predicted molar refractivity (Wildman–Crippen MR) is 120 cm³/mol. The summed E-state index contributed by atoms with van der Waals surface area (Å²) in [7, 11) is 0. The maximum Gasteiger partial charge on any atom is 0.220 e. The number of para-hydroxylation sites is 1. The molecule has 3 rings (SSSR count). The molecule has 4 N–H and O–H groups in total. The van der Waals surface area contributed by atoms with Gasteiger partial charge in [0.1, 0.15) is 5.75 Å². The van der Waals surface area contributed by atoms with Crippen LogP contribution in [0.15, 0.2) is 47.6 Å². The van der Waals surface area contributed by atoms with Crippen molar-refractivity contribution in [1.29, 1.82) is 0 Å².